The van der Waals surface area contributed by atoms with Crippen LogP contribution >= 0.6 is 15.9 Å². The first kappa shape index (κ1) is 116. The number of aromatic nitrogens is 14. The van der Waals surface area contributed by atoms with E-state index in [2.05, 4.69) is 271 Å². The first-order valence-electron chi connectivity index (χ1n) is 44.1. The molecule has 0 atom stereocenters. The Kier molecular flexibility index (Phi) is 51.1. The van der Waals surface area contributed by atoms with Crippen molar-refractivity contribution >= 4 is 76.6 Å². The highest BCUT2D eigenvalue weighted by Crippen LogP contribution is 2.40. The van der Waals surface area contributed by atoms with E-state index in [1.165, 1.54) is 28.5 Å². The van der Waals surface area contributed by atoms with Gasteiger partial charge in [-0.1, -0.05) is 150 Å². The number of halogens is 1. The van der Waals surface area contributed by atoms with Crippen LogP contribution in [0.1, 0.15) is 232 Å². The Balaban J connectivity index is 0.000000717. The van der Waals surface area contributed by atoms with Gasteiger partial charge in [-0.25, -0.2) is 0 Å². The Morgan fingerprint density at radius 2 is 0.710 bits per heavy atom. The van der Waals surface area contributed by atoms with E-state index in [0.717, 1.165) is 176 Å². The number of H-pyrrole nitrogens is 1. The number of aryl methyl sites for hydroxylation is 16. The standard InChI is InChI=1S/C15H20N2O.C14H26N2O3Si.C14H26N2O2Si.C14H28N2OSi.C13H26N2O2Si.C9H21BrOSi.C8H14N2O.C5H6N2O/c1-13-11-17(16-14(13)2)9-6-10-18-12-15-7-4-3-5-8-15;1-12-13(18-11-17)10-16(15-12)8-7-9-19-20(5,6)14(2,3)4;1-12-13(11-17)10-16(15-12)8-7-9-18-19(5,6)14(2,3)4;1-12-11-16(15-13(12)2)9-8-10-17-18(6,7)14(3,4)5;1-11-12(16)10-15(14-11)8-7-9-17-18(5,6)13(2,3)4;1-9(2,3)12(4,5)11-8-6-7-10;1-7-6-10(4-3-5-11)9-8(7)2;1-4-5(3-8)2-6-7-4/h3-5,7-8,11H,6,9-10,12H2,1-2H3;10-11H,7-9H2,1-6H3;10-11H,7-9H2,1-6H3;11H,8-10H2,1-7H3;10,16H,7-9H2,1-6H3;6-8H2,1-5H3;6,11H,3-5H2,1-2H3;2-3H,1H3,(H,6,7). The number of hydrogen-bond acceptors (Lipinski definition) is 19. The lowest BCUT2D eigenvalue weighted by molar-refractivity contribution is -0.120. The number of carbonyl (C=O) groups excluding carboxylic acids is 3. The van der Waals surface area contributed by atoms with Gasteiger partial charge in [0.2, 0.25) is 0 Å². The zero-order valence-corrected chi connectivity index (χ0v) is 90.0. The monoisotopic (exact) mass is 1880 g/mol. The molecule has 0 radical (unpaired) electrons. The number of rotatable bonds is 37. The minimum absolute atomic E-state index is 0.234. The van der Waals surface area contributed by atoms with Crippen molar-refractivity contribution in [3.8, 4) is 11.5 Å². The molecule has 0 amide bonds. The number of aliphatic hydroxyl groups excluding tert-OH is 1. The first-order valence-corrected chi connectivity index (χ1v) is 59.7. The zero-order chi connectivity index (χ0) is 94.9. The van der Waals surface area contributed by atoms with E-state index < -0.39 is 41.6 Å². The van der Waals surface area contributed by atoms with Crippen molar-refractivity contribution in [2.45, 2.75) is 355 Å². The molecule has 0 bridgehead atoms. The molecule has 32 heteroatoms. The highest BCUT2D eigenvalue weighted by Gasteiger charge is 2.40. The lowest BCUT2D eigenvalue weighted by Crippen LogP contribution is -2.41. The summed E-state index contributed by atoms with van der Waals surface area (Å²) < 4.78 is 52.2. The van der Waals surface area contributed by atoms with Crippen molar-refractivity contribution in [3.63, 3.8) is 0 Å². The van der Waals surface area contributed by atoms with Crippen LogP contribution in [0.15, 0.2) is 73.7 Å². The van der Waals surface area contributed by atoms with Crippen LogP contribution in [0, 0.1) is 69.2 Å². The molecule has 0 saturated carbocycles. The first-order chi connectivity index (χ1) is 57.3. The lowest BCUT2D eigenvalue weighted by atomic mass is 10.2. The molecule has 26 nitrogen and oxygen atoms in total. The van der Waals surface area contributed by atoms with Gasteiger partial charge in [-0.05, 0) is 227 Å². The molecule has 0 saturated heterocycles. The van der Waals surface area contributed by atoms with E-state index in [1.54, 1.807) is 41.8 Å². The maximum absolute atomic E-state index is 10.7. The number of nitrogens with one attached hydrogen (secondary N) is 1. The van der Waals surface area contributed by atoms with Crippen LogP contribution in [0.2, 0.25) is 90.7 Å². The third kappa shape index (κ3) is 44.1. The Hall–Kier alpha value is -6.42. The summed E-state index contributed by atoms with van der Waals surface area (Å²) in [5.74, 6) is 0.783. The van der Waals surface area contributed by atoms with Gasteiger partial charge in [0.15, 0.2) is 65.7 Å². The van der Waals surface area contributed by atoms with Crippen LogP contribution in [-0.4, -0.2) is 191 Å². The summed E-state index contributed by atoms with van der Waals surface area (Å²) in [7, 11) is -7.97. The number of aldehydes is 2. The molecule has 704 valence electrons. The van der Waals surface area contributed by atoms with Crippen LogP contribution < -0.4 is 4.74 Å². The van der Waals surface area contributed by atoms with Gasteiger partial charge in [-0.15, -0.1) is 0 Å². The Bertz CT molecular complexity index is 4120. The predicted octanol–water partition coefficient (Wildman–Crippen LogP) is 22.1. The molecule has 8 aromatic rings. The molecule has 0 spiro atoms. The average molecular weight is 1880 g/mol. The number of aliphatic hydroxyl groups is 1. The number of aromatic amines is 1. The fourth-order valence-electron chi connectivity index (χ4n) is 9.85. The van der Waals surface area contributed by atoms with Crippen molar-refractivity contribution in [2.75, 3.05) is 51.6 Å². The maximum atomic E-state index is 10.7. The van der Waals surface area contributed by atoms with Crippen LogP contribution in [0.3, 0.4) is 0 Å². The Labute approximate surface area is 761 Å². The van der Waals surface area contributed by atoms with Crippen LogP contribution in [-0.2, 0) is 77.5 Å². The van der Waals surface area contributed by atoms with E-state index in [0.29, 0.717) is 45.7 Å². The number of aromatic hydroxyl groups is 1. The topological polar surface area (TPSA) is 292 Å². The Morgan fingerprint density at radius 1 is 0.395 bits per heavy atom. The van der Waals surface area contributed by atoms with Crippen molar-refractivity contribution < 1.29 is 56.2 Å². The van der Waals surface area contributed by atoms with Crippen LogP contribution in [0.4, 0.5) is 0 Å². The second-order valence-corrected chi connectivity index (χ2v) is 64.3. The molecule has 8 rings (SSSR count). The molecule has 0 fully saturated rings. The second kappa shape index (κ2) is 54.8. The third-order valence-corrected chi connectivity index (χ3v) is 47.0. The normalized spacial score (nSPS) is 12.1. The van der Waals surface area contributed by atoms with E-state index in [4.69, 9.17) is 36.7 Å². The molecule has 3 N–H and O–H groups in total. The molecular formula is C92H167BrN14O12Si5. The molecule has 0 aliphatic rings. The van der Waals surface area contributed by atoms with Gasteiger partial charge >= 0.3 is 0 Å². The van der Waals surface area contributed by atoms with Gasteiger partial charge in [0.1, 0.15) is 11.4 Å². The molecule has 0 unspecified atom stereocenters. The summed E-state index contributed by atoms with van der Waals surface area (Å²) in [6.45, 7) is 87.3. The highest BCUT2D eigenvalue weighted by atomic mass is 79.9. The SMILES string of the molecule is CC(C)(C)[Si](C)(C)OCCCBr.Cc1[nH]ncc1C=O.Cc1cn(CCCO)nc1C.Cc1cn(CCCOCc2ccccc2)nc1C.Cc1cn(CCCO[Si](C)(C)C(C)(C)C)nc1C.Cc1nn(CCCO[Si](C)(C)C(C)(C)C)cc1C=O.Cc1nn(CCCO[Si](C)(C)C(C)(C)C)cc1O.Cc1nn(CCCO[Si](C)(C)C(C)(C)C)cc1OC=O. The van der Waals surface area contributed by atoms with Gasteiger partial charge in [-0.3, -0.25) is 47.6 Å². The summed E-state index contributed by atoms with van der Waals surface area (Å²) >= 11 is 3.40. The van der Waals surface area contributed by atoms with Gasteiger partial charge in [0.25, 0.3) is 6.47 Å². The second-order valence-electron chi connectivity index (χ2n) is 39.5. The molecule has 124 heavy (non-hydrogen) atoms. The highest BCUT2D eigenvalue weighted by molar-refractivity contribution is 9.09. The summed E-state index contributed by atoms with van der Waals surface area (Å²) in [6.07, 6.45) is 21.2. The fourth-order valence-corrected chi connectivity index (χ4v) is 15.5. The van der Waals surface area contributed by atoms with Gasteiger partial charge in [-0.2, -0.15) is 35.7 Å². The number of ether oxygens (including phenoxy) is 2. The number of nitrogens with zero attached hydrogens (tertiary/aromatic N) is 13. The predicted molar refractivity (Wildman–Crippen MR) is 523 cm³/mol. The van der Waals surface area contributed by atoms with Crippen LogP contribution in [0.5, 0.6) is 11.5 Å². The third-order valence-electron chi connectivity index (χ3n) is 23.8. The summed E-state index contributed by atoms with van der Waals surface area (Å²) in [4.78, 5) is 31.1. The lowest BCUT2D eigenvalue weighted by Gasteiger charge is -2.36. The van der Waals surface area contributed by atoms with E-state index in [1.807, 2.05) is 77.7 Å². The van der Waals surface area contributed by atoms with E-state index >= 15 is 0 Å². The van der Waals surface area contributed by atoms with Gasteiger partial charge in [0, 0.05) is 121 Å². The van der Waals surface area contributed by atoms with E-state index in [-0.39, 0.29) is 27.5 Å². The van der Waals surface area contributed by atoms with Crippen molar-refractivity contribution in [2.24, 2.45) is 0 Å². The summed E-state index contributed by atoms with van der Waals surface area (Å²) in [5, 5.41) is 52.7. The fraction of sp³-hybridized carbons (Fsp3) is 0.674. The minimum atomic E-state index is -1.66. The van der Waals surface area contributed by atoms with Gasteiger partial charge in [0.05, 0.1) is 59.1 Å². The molecule has 1 aromatic carbocycles. The Morgan fingerprint density at radius 3 is 0.992 bits per heavy atom. The molecule has 0 aliphatic heterocycles. The number of hydrogen-bond donors (Lipinski definition) is 3. The smallest absolute Gasteiger partial charge is 0.298 e. The largest absolute Gasteiger partial charge is 0.504 e. The van der Waals surface area contributed by atoms with Crippen molar-refractivity contribution in [3.05, 3.63) is 147 Å². The average Bonchev–Trinajstić information content (AvgIpc) is 1.23. The molecule has 7 aromatic heterocycles. The van der Waals surface area contributed by atoms with E-state index in [9.17, 15) is 19.5 Å². The number of benzene rings is 1. The molecular weight excluding hydrogens is 1710 g/mol. The maximum Gasteiger partial charge on any atom is 0.298 e. The summed E-state index contributed by atoms with van der Waals surface area (Å²) in [6, 6.07) is 10.3. The zero-order valence-electron chi connectivity index (χ0n) is 83.4. The number of alkyl halides is 1. The molecule has 0 aliphatic carbocycles. The van der Waals surface area contributed by atoms with Crippen LogP contribution in [0.25, 0.3) is 0 Å². The summed E-state index contributed by atoms with van der Waals surface area (Å²) in [5.41, 5.74) is 12.6. The quantitative estimate of drug-likeness (QED) is 0.0141. The van der Waals surface area contributed by atoms with Crippen molar-refractivity contribution in [1.82, 2.24) is 68.9 Å². The minimum Gasteiger partial charge on any atom is -0.504 e. The van der Waals surface area contributed by atoms with Crippen molar-refractivity contribution in [1.29, 1.82) is 0 Å². The van der Waals surface area contributed by atoms with Gasteiger partial charge < -0.3 is 41.8 Å². The number of carbonyl (C=O) groups is 3. The molecule has 7 heterocycles.